The van der Waals surface area contributed by atoms with Gasteiger partial charge < -0.3 is 19.2 Å². The molecule has 1 aliphatic rings. The summed E-state index contributed by atoms with van der Waals surface area (Å²) >= 11 is 0. The number of fused-ring (bicyclic) bond motifs is 1. The van der Waals surface area contributed by atoms with E-state index in [1.54, 1.807) is 36.4 Å². The van der Waals surface area contributed by atoms with Crippen LogP contribution in [-0.4, -0.2) is 37.4 Å². The third-order valence-corrected chi connectivity index (χ3v) is 5.60. The second-order valence-electron chi connectivity index (χ2n) is 8.35. The molecule has 0 saturated carbocycles. The molecule has 35 heavy (non-hydrogen) atoms. The lowest BCUT2D eigenvalue weighted by molar-refractivity contribution is -0.121. The van der Waals surface area contributed by atoms with Crippen molar-refractivity contribution in [3.63, 3.8) is 0 Å². The van der Waals surface area contributed by atoms with Crippen molar-refractivity contribution in [3.05, 3.63) is 77.2 Å². The Hall–Kier alpha value is -4.07. The molecule has 8 nitrogen and oxygen atoms in total. The topological polar surface area (TPSA) is 98.1 Å². The molecule has 0 bridgehead atoms. The van der Waals surface area contributed by atoms with Crippen LogP contribution < -0.4 is 19.7 Å². The van der Waals surface area contributed by atoms with Crippen LogP contribution in [0.15, 0.2) is 59.0 Å². The number of ether oxygens (including phenoxy) is 2. The molecular weight excluding hydrogens is 448 g/mol. The number of hydrogen-bond acceptors (Lipinski definition) is 6. The summed E-state index contributed by atoms with van der Waals surface area (Å²) in [7, 11) is 0. The van der Waals surface area contributed by atoms with E-state index in [4.69, 9.17) is 13.9 Å². The van der Waals surface area contributed by atoms with Crippen molar-refractivity contribution in [2.45, 2.75) is 33.2 Å². The maximum atomic E-state index is 12.8. The molecule has 2 amide bonds. The zero-order chi connectivity index (χ0) is 24.8. The first-order valence-electron chi connectivity index (χ1n) is 11.6. The van der Waals surface area contributed by atoms with Crippen molar-refractivity contribution in [1.29, 1.82) is 0 Å². The average molecular weight is 477 g/mol. The molecule has 2 aromatic carbocycles. The van der Waals surface area contributed by atoms with Crippen LogP contribution in [0.4, 0.5) is 5.69 Å². The molecule has 0 unspecified atom stereocenters. The minimum Gasteiger partial charge on any atom is -0.485 e. The van der Waals surface area contributed by atoms with Gasteiger partial charge in [-0.2, -0.15) is 0 Å². The van der Waals surface area contributed by atoms with Crippen molar-refractivity contribution in [3.8, 4) is 11.5 Å². The normalized spacial score (nSPS) is 12.6. The smallest absolute Gasteiger partial charge is 0.286 e. The maximum absolute atomic E-state index is 12.8. The fourth-order valence-corrected chi connectivity index (χ4v) is 3.69. The highest BCUT2D eigenvalue weighted by Crippen LogP contribution is 2.34. The molecule has 0 atom stereocenters. The number of aryl methyl sites for hydroxylation is 1. The van der Waals surface area contributed by atoms with E-state index in [9.17, 15) is 14.4 Å². The van der Waals surface area contributed by atoms with Crippen LogP contribution in [0, 0.1) is 6.92 Å². The Labute approximate surface area is 203 Å². The summed E-state index contributed by atoms with van der Waals surface area (Å²) < 4.78 is 16.9. The Morgan fingerprint density at radius 1 is 1.11 bits per heavy atom. The number of carbonyl (C=O) groups excluding carboxylic acids is 3. The molecule has 0 aliphatic carbocycles. The summed E-state index contributed by atoms with van der Waals surface area (Å²) in [5.74, 6) is 0.953. The molecule has 0 radical (unpaired) electrons. The number of hydrogen-bond donors (Lipinski definition) is 1. The number of rotatable bonds is 10. The fraction of sp³-hybridized carbons (Fsp3) is 0.296. The molecule has 1 N–H and O–H groups in total. The lowest BCUT2D eigenvalue weighted by Crippen LogP contribution is -2.38. The van der Waals surface area contributed by atoms with Crippen LogP contribution in [0.5, 0.6) is 11.5 Å². The molecular formula is C27H28N2O6. The van der Waals surface area contributed by atoms with E-state index in [0.717, 1.165) is 18.4 Å². The highest BCUT2D eigenvalue weighted by molar-refractivity contribution is 6.02. The van der Waals surface area contributed by atoms with Crippen molar-refractivity contribution in [1.82, 2.24) is 5.32 Å². The van der Waals surface area contributed by atoms with Crippen molar-refractivity contribution < 1.29 is 28.3 Å². The first kappa shape index (κ1) is 24.1. The third-order valence-electron chi connectivity index (χ3n) is 5.60. The van der Waals surface area contributed by atoms with Crippen molar-refractivity contribution in [2.75, 3.05) is 24.7 Å². The monoisotopic (exact) mass is 476 g/mol. The first-order valence-corrected chi connectivity index (χ1v) is 11.6. The van der Waals surface area contributed by atoms with Crippen LogP contribution in [-0.2, 0) is 11.3 Å². The van der Waals surface area contributed by atoms with Gasteiger partial charge in [-0.05, 0) is 61.4 Å². The quantitative estimate of drug-likeness (QED) is 0.346. The lowest BCUT2D eigenvalue weighted by Gasteiger charge is -2.29. The van der Waals surface area contributed by atoms with E-state index >= 15 is 0 Å². The standard InChI is InChI=1S/C27H28N2O6/c1-3-4-12-28-27(32)25-11-9-21(35-25)15-29-22-14-19(8-10-24(22)34-17-26(29)31)23(30)16-33-20-7-5-6-18(2)13-20/h5-11,13-14H,3-4,12,15-17H2,1-2H3,(H,28,32). The predicted octanol–water partition coefficient (Wildman–Crippen LogP) is 4.31. The highest BCUT2D eigenvalue weighted by atomic mass is 16.5. The molecule has 182 valence electrons. The molecule has 2 heterocycles. The zero-order valence-corrected chi connectivity index (χ0v) is 19.8. The Bertz CT molecular complexity index is 1230. The average Bonchev–Trinajstić information content (AvgIpc) is 3.33. The van der Waals surface area contributed by atoms with E-state index in [1.165, 1.54) is 4.90 Å². The van der Waals surface area contributed by atoms with Gasteiger partial charge in [0.25, 0.3) is 11.8 Å². The minimum atomic E-state index is -0.292. The third kappa shape index (κ3) is 5.90. The largest absolute Gasteiger partial charge is 0.485 e. The van der Waals surface area contributed by atoms with E-state index in [1.807, 2.05) is 32.0 Å². The van der Waals surface area contributed by atoms with Gasteiger partial charge in [-0.15, -0.1) is 0 Å². The number of Topliss-reactive ketones (excluding diaryl/α,β-unsaturated/α-hetero) is 1. The molecule has 1 aromatic heterocycles. The van der Waals surface area contributed by atoms with Gasteiger partial charge in [0.05, 0.1) is 12.2 Å². The number of ketones is 1. The van der Waals surface area contributed by atoms with Gasteiger partial charge in [0.1, 0.15) is 17.3 Å². The molecule has 1 aliphatic heterocycles. The van der Waals surface area contributed by atoms with Crippen LogP contribution in [0.2, 0.25) is 0 Å². The lowest BCUT2D eigenvalue weighted by atomic mass is 10.1. The number of anilines is 1. The summed E-state index contributed by atoms with van der Waals surface area (Å²) in [6.07, 6.45) is 1.86. The second kappa shape index (κ2) is 10.9. The number of nitrogens with zero attached hydrogens (tertiary/aromatic N) is 1. The zero-order valence-electron chi connectivity index (χ0n) is 19.8. The van der Waals surface area contributed by atoms with Crippen LogP contribution in [0.25, 0.3) is 0 Å². The Morgan fingerprint density at radius 3 is 2.77 bits per heavy atom. The minimum absolute atomic E-state index is 0.106. The van der Waals surface area contributed by atoms with Gasteiger partial charge in [-0.1, -0.05) is 25.5 Å². The maximum Gasteiger partial charge on any atom is 0.286 e. The molecule has 0 saturated heterocycles. The van der Waals surface area contributed by atoms with Gasteiger partial charge in [0.15, 0.2) is 24.8 Å². The number of benzene rings is 2. The summed E-state index contributed by atoms with van der Waals surface area (Å²) in [5.41, 5.74) is 1.90. The fourth-order valence-electron chi connectivity index (χ4n) is 3.69. The number of nitrogens with one attached hydrogen (secondary N) is 1. The van der Waals surface area contributed by atoms with Crippen LogP contribution in [0.1, 0.15) is 52.0 Å². The number of carbonyl (C=O) groups is 3. The molecule has 0 fully saturated rings. The Balaban J connectivity index is 1.47. The van der Waals surface area contributed by atoms with E-state index in [2.05, 4.69) is 5.32 Å². The number of amides is 2. The van der Waals surface area contributed by atoms with E-state index in [0.29, 0.717) is 35.1 Å². The van der Waals surface area contributed by atoms with Gasteiger partial charge in [0.2, 0.25) is 0 Å². The van der Waals surface area contributed by atoms with Crippen molar-refractivity contribution in [2.24, 2.45) is 0 Å². The molecule has 3 aromatic rings. The van der Waals surface area contributed by atoms with Gasteiger partial charge in [-0.25, -0.2) is 0 Å². The summed E-state index contributed by atoms with van der Waals surface area (Å²) in [4.78, 5) is 39.2. The van der Waals surface area contributed by atoms with Crippen LogP contribution in [0.3, 0.4) is 0 Å². The number of unbranched alkanes of at least 4 members (excludes halogenated alkanes) is 1. The summed E-state index contributed by atoms with van der Waals surface area (Å²) in [6, 6.07) is 15.7. The van der Waals surface area contributed by atoms with Crippen molar-refractivity contribution >= 4 is 23.3 Å². The Morgan fingerprint density at radius 2 is 1.97 bits per heavy atom. The summed E-state index contributed by atoms with van der Waals surface area (Å²) in [6.45, 7) is 4.42. The molecule has 4 rings (SSSR count). The molecule has 8 heteroatoms. The number of furan rings is 1. The molecule has 0 spiro atoms. The second-order valence-corrected chi connectivity index (χ2v) is 8.35. The van der Waals surface area contributed by atoms with Crippen LogP contribution >= 0.6 is 0 Å². The van der Waals surface area contributed by atoms with Gasteiger partial charge in [-0.3, -0.25) is 19.3 Å². The predicted molar refractivity (Wildman–Crippen MR) is 130 cm³/mol. The van der Waals surface area contributed by atoms with E-state index < -0.39 is 0 Å². The SMILES string of the molecule is CCCCNC(=O)c1ccc(CN2C(=O)COc3ccc(C(=O)COc4cccc(C)c4)cc32)o1. The van der Waals surface area contributed by atoms with E-state index in [-0.39, 0.29) is 43.1 Å². The first-order chi connectivity index (χ1) is 16.9. The summed E-state index contributed by atoms with van der Waals surface area (Å²) in [5, 5.41) is 2.81. The highest BCUT2D eigenvalue weighted by Gasteiger charge is 2.28. The Kier molecular flexibility index (Phi) is 7.50. The van der Waals surface area contributed by atoms with Gasteiger partial charge in [0, 0.05) is 12.1 Å². The van der Waals surface area contributed by atoms with Gasteiger partial charge >= 0.3 is 0 Å².